The molecule has 3 saturated carbocycles. The van der Waals surface area contributed by atoms with Gasteiger partial charge in [-0.05, 0) is 50.9 Å². The molecule has 0 amide bonds. The Morgan fingerprint density at radius 2 is 1.86 bits per heavy atom. The van der Waals surface area contributed by atoms with Crippen molar-refractivity contribution in [2.75, 3.05) is 0 Å². The van der Waals surface area contributed by atoms with Crippen molar-refractivity contribution in [1.82, 2.24) is 0 Å². The SMILES string of the molecule is C=C(C)C(=O)OC(OC1C2CCCC1C2)C(C)(CC)CC. The molecule has 0 radical (unpaired) electrons. The van der Waals surface area contributed by atoms with Gasteiger partial charge in [0, 0.05) is 11.0 Å². The number of hydrogen-bond acceptors (Lipinski definition) is 3. The first-order chi connectivity index (χ1) is 9.91. The second-order valence-electron chi connectivity index (χ2n) is 7.17. The molecule has 0 aromatic rings. The lowest BCUT2D eigenvalue weighted by molar-refractivity contribution is -0.262. The second-order valence-corrected chi connectivity index (χ2v) is 7.17. The molecule has 2 bridgehead atoms. The summed E-state index contributed by atoms with van der Waals surface area (Å²) in [5.41, 5.74) is 0.307. The summed E-state index contributed by atoms with van der Waals surface area (Å²) < 4.78 is 12.0. The van der Waals surface area contributed by atoms with Crippen molar-refractivity contribution < 1.29 is 14.3 Å². The highest BCUT2D eigenvalue weighted by Gasteiger charge is 2.48. The number of ether oxygens (including phenoxy) is 2. The van der Waals surface area contributed by atoms with Gasteiger partial charge >= 0.3 is 5.97 Å². The third-order valence-corrected chi connectivity index (χ3v) is 5.71. The van der Waals surface area contributed by atoms with Gasteiger partial charge in [0.15, 0.2) is 0 Å². The number of rotatable bonds is 7. The zero-order valence-electron chi connectivity index (χ0n) is 14.0. The molecule has 0 aromatic carbocycles. The number of esters is 1. The molecule has 3 heteroatoms. The lowest BCUT2D eigenvalue weighted by Crippen LogP contribution is -2.52. The molecule has 0 heterocycles. The number of fused-ring (bicyclic) bond motifs is 2. The average Bonchev–Trinajstić information content (AvgIpc) is 2.50. The van der Waals surface area contributed by atoms with Crippen LogP contribution in [-0.2, 0) is 14.3 Å². The van der Waals surface area contributed by atoms with E-state index in [2.05, 4.69) is 27.4 Å². The fourth-order valence-corrected chi connectivity index (χ4v) is 3.53. The zero-order valence-corrected chi connectivity index (χ0v) is 14.0. The van der Waals surface area contributed by atoms with Crippen molar-refractivity contribution in [3.8, 4) is 0 Å². The molecule has 120 valence electrons. The van der Waals surface area contributed by atoms with Crippen LogP contribution in [0.3, 0.4) is 0 Å². The Labute approximate surface area is 129 Å². The zero-order chi connectivity index (χ0) is 15.6. The summed E-state index contributed by atoms with van der Waals surface area (Å²) in [6, 6.07) is 0. The highest BCUT2D eigenvalue weighted by molar-refractivity contribution is 5.87. The fourth-order valence-electron chi connectivity index (χ4n) is 3.53. The fraction of sp³-hybridized carbons (Fsp3) is 0.833. The van der Waals surface area contributed by atoms with Crippen LogP contribution < -0.4 is 0 Å². The van der Waals surface area contributed by atoms with E-state index in [1.165, 1.54) is 25.7 Å². The monoisotopic (exact) mass is 294 g/mol. The van der Waals surface area contributed by atoms with Gasteiger partial charge in [-0.2, -0.15) is 0 Å². The molecule has 3 nitrogen and oxygen atoms in total. The molecule has 0 N–H and O–H groups in total. The molecule has 0 saturated heterocycles. The number of hydrogen-bond donors (Lipinski definition) is 0. The van der Waals surface area contributed by atoms with Crippen LogP contribution in [0.25, 0.3) is 0 Å². The first-order valence-electron chi connectivity index (χ1n) is 8.43. The first-order valence-corrected chi connectivity index (χ1v) is 8.43. The molecule has 3 fully saturated rings. The lowest BCUT2D eigenvalue weighted by atomic mass is 9.62. The molecule has 3 aliphatic rings. The number of carbonyl (C=O) groups excluding carboxylic acids is 1. The van der Waals surface area contributed by atoms with Gasteiger partial charge in [0.05, 0.1) is 6.10 Å². The Hall–Kier alpha value is -0.830. The van der Waals surface area contributed by atoms with Crippen LogP contribution in [0, 0.1) is 17.3 Å². The standard InChI is InChI=1S/C18H30O3/c1-6-18(5,7-2)17(21-16(19)12(3)4)20-15-13-9-8-10-14(15)11-13/h13-15,17H,3,6-11H2,1-2,4-5H3. The van der Waals surface area contributed by atoms with E-state index in [1.54, 1.807) is 6.92 Å². The Bertz CT molecular complexity index is 383. The van der Waals surface area contributed by atoms with Crippen molar-refractivity contribution in [1.29, 1.82) is 0 Å². The van der Waals surface area contributed by atoms with Gasteiger partial charge in [0.1, 0.15) is 0 Å². The maximum absolute atomic E-state index is 12.0. The minimum absolute atomic E-state index is 0.130. The maximum atomic E-state index is 12.0. The molecule has 3 aliphatic carbocycles. The molecule has 21 heavy (non-hydrogen) atoms. The van der Waals surface area contributed by atoms with Crippen LogP contribution in [-0.4, -0.2) is 18.4 Å². The van der Waals surface area contributed by atoms with Crippen molar-refractivity contribution >= 4 is 5.97 Å². The number of carbonyl (C=O) groups is 1. The Balaban J connectivity index is 2.08. The quantitative estimate of drug-likeness (QED) is 0.395. The smallest absolute Gasteiger partial charge is 0.335 e. The molecule has 0 spiro atoms. The van der Waals surface area contributed by atoms with Crippen LogP contribution in [0.4, 0.5) is 0 Å². The van der Waals surface area contributed by atoms with E-state index in [0.717, 1.165) is 12.8 Å². The Morgan fingerprint density at radius 3 is 2.29 bits per heavy atom. The Kier molecular flexibility index (Phi) is 5.13. The van der Waals surface area contributed by atoms with E-state index in [9.17, 15) is 4.79 Å². The predicted molar refractivity (Wildman–Crippen MR) is 83.7 cm³/mol. The van der Waals surface area contributed by atoms with E-state index < -0.39 is 6.29 Å². The molecular formula is C18H30O3. The van der Waals surface area contributed by atoms with Gasteiger partial charge in [-0.15, -0.1) is 0 Å². The normalized spacial score (nSPS) is 29.4. The van der Waals surface area contributed by atoms with E-state index >= 15 is 0 Å². The summed E-state index contributed by atoms with van der Waals surface area (Å²) in [4.78, 5) is 12.0. The summed E-state index contributed by atoms with van der Waals surface area (Å²) in [7, 11) is 0. The van der Waals surface area contributed by atoms with Gasteiger partial charge in [0.2, 0.25) is 6.29 Å². The van der Waals surface area contributed by atoms with Gasteiger partial charge in [0.25, 0.3) is 0 Å². The van der Waals surface area contributed by atoms with E-state index in [1.807, 2.05) is 0 Å². The first kappa shape index (κ1) is 16.5. The lowest BCUT2D eigenvalue weighted by Gasteiger charge is -2.51. The molecular weight excluding hydrogens is 264 g/mol. The molecule has 0 aromatic heterocycles. The van der Waals surface area contributed by atoms with E-state index in [-0.39, 0.29) is 11.4 Å². The minimum atomic E-state index is -0.454. The Morgan fingerprint density at radius 1 is 1.29 bits per heavy atom. The largest absolute Gasteiger partial charge is 0.432 e. The summed E-state index contributed by atoms with van der Waals surface area (Å²) in [5.74, 6) is 1.01. The summed E-state index contributed by atoms with van der Waals surface area (Å²) >= 11 is 0. The summed E-state index contributed by atoms with van der Waals surface area (Å²) in [6.45, 7) is 11.8. The average molecular weight is 294 g/mol. The van der Waals surface area contributed by atoms with Gasteiger partial charge in [-0.1, -0.05) is 33.8 Å². The van der Waals surface area contributed by atoms with Gasteiger partial charge in [-0.3, -0.25) is 0 Å². The third-order valence-electron chi connectivity index (χ3n) is 5.71. The van der Waals surface area contributed by atoms with Crippen molar-refractivity contribution in [3.63, 3.8) is 0 Å². The van der Waals surface area contributed by atoms with E-state index in [0.29, 0.717) is 23.5 Å². The molecule has 3 rings (SSSR count). The molecule has 0 aliphatic heterocycles. The van der Waals surface area contributed by atoms with Crippen LogP contribution in [0.15, 0.2) is 12.2 Å². The van der Waals surface area contributed by atoms with Crippen LogP contribution in [0.5, 0.6) is 0 Å². The van der Waals surface area contributed by atoms with E-state index in [4.69, 9.17) is 9.47 Å². The highest BCUT2D eigenvalue weighted by atomic mass is 16.7. The van der Waals surface area contributed by atoms with Gasteiger partial charge < -0.3 is 9.47 Å². The molecule has 3 unspecified atom stereocenters. The molecule has 3 atom stereocenters. The summed E-state index contributed by atoms with van der Waals surface area (Å²) in [5, 5.41) is 0. The third kappa shape index (κ3) is 3.33. The van der Waals surface area contributed by atoms with Crippen LogP contribution in [0.2, 0.25) is 0 Å². The predicted octanol–water partition coefficient (Wildman–Crippen LogP) is 4.46. The van der Waals surface area contributed by atoms with Crippen molar-refractivity contribution in [3.05, 3.63) is 12.2 Å². The topological polar surface area (TPSA) is 35.5 Å². The van der Waals surface area contributed by atoms with Crippen LogP contribution >= 0.6 is 0 Å². The second kappa shape index (κ2) is 6.51. The highest BCUT2D eigenvalue weighted by Crippen LogP contribution is 2.49. The maximum Gasteiger partial charge on any atom is 0.335 e. The van der Waals surface area contributed by atoms with Gasteiger partial charge in [-0.25, -0.2) is 4.79 Å². The minimum Gasteiger partial charge on any atom is -0.432 e. The van der Waals surface area contributed by atoms with Crippen LogP contribution in [0.1, 0.15) is 66.2 Å². The van der Waals surface area contributed by atoms with Crippen molar-refractivity contribution in [2.45, 2.75) is 78.6 Å². The summed E-state index contributed by atoms with van der Waals surface area (Å²) in [6.07, 6.45) is 6.84. The van der Waals surface area contributed by atoms with Crippen molar-refractivity contribution in [2.24, 2.45) is 17.3 Å².